The molecule has 0 aliphatic carbocycles. The molecule has 0 aromatic heterocycles. The van der Waals surface area contributed by atoms with Crippen molar-refractivity contribution in [2.45, 2.75) is 32.6 Å². The molecule has 6 heteroatoms. The number of halogens is 2. The van der Waals surface area contributed by atoms with Crippen LogP contribution in [0.25, 0.3) is 0 Å². The molecule has 0 aliphatic rings. The van der Waals surface area contributed by atoms with Gasteiger partial charge in [-0.1, -0.05) is 13.8 Å². The highest BCUT2D eigenvalue weighted by Crippen LogP contribution is 2.20. The summed E-state index contributed by atoms with van der Waals surface area (Å²) in [6.45, 7) is 2.98. The van der Waals surface area contributed by atoms with Crippen molar-refractivity contribution in [2.75, 3.05) is 0 Å². The Hall–Kier alpha value is 0.01000. The quantitative estimate of drug-likeness (QED) is 0.652. The van der Waals surface area contributed by atoms with Gasteiger partial charge in [0.15, 0.2) is 0 Å². The van der Waals surface area contributed by atoms with E-state index in [1.165, 1.54) is 13.8 Å². The first kappa shape index (κ1) is 13.6. The van der Waals surface area contributed by atoms with Crippen molar-refractivity contribution in [3.05, 3.63) is 0 Å². The Morgan fingerprint density at radius 1 is 1.27 bits per heavy atom. The van der Waals surface area contributed by atoms with E-state index in [2.05, 4.69) is 0 Å². The molecule has 0 aromatic carbocycles. The normalized spacial score (nSPS) is 10.8. The van der Waals surface area contributed by atoms with Gasteiger partial charge in [0.25, 0.3) is 0 Å². The average Bonchev–Trinajstić information content (AvgIpc) is 1.87. The largest absolute Gasteiger partial charge is 0.326 e. The van der Waals surface area contributed by atoms with E-state index in [0.717, 1.165) is 0 Å². The van der Waals surface area contributed by atoms with Crippen LogP contribution in [-0.2, 0) is 4.57 Å². The van der Waals surface area contributed by atoms with Crippen molar-refractivity contribution in [3.8, 4) is 0 Å². The number of hydrogen-bond acceptors (Lipinski definition) is 1. The van der Waals surface area contributed by atoms with Gasteiger partial charge in [0.2, 0.25) is 5.92 Å². The molecule has 0 saturated heterocycles. The third kappa shape index (κ3) is 17.8. The summed E-state index contributed by atoms with van der Waals surface area (Å²) in [5.74, 6) is -2.42. The summed E-state index contributed by atoms with van der Waals surface area (Å²) < 4.78 is 32.5. The molecular weight excluding hydrogens is 177 g/mol. The Morgan fingerprint density at radius 3 is 1.45 bits per heavy atom. The number of rotatable bonds is 2. The second kappa shape index (κ2) is 6.70. The van der Waals surface area contributed by atoms with Crippen LogP contribution in [0.15, 0.2) is 0 Å². The lowest BCUT2D eigenvalue weighted by molar-refractivity contribution is -0.00646. The summed E-state index contributed by atoms with van der Waals surface area (Å²) in [5, 5.41) is 0. The number of hydrogen-bond donors (Lipinski definition) is 2. The molecule has 3 nitrogen and oxygen atoms in total. The van der Waals surface area contributed by atoms with E-state index < -0.39 is 14.2 Å². The molecule has 0 rings (SSSR count). The Morgan fingerprint density at radius 2 is 1.45 bits per heavy atom. The van der Waals surface area contributed by atoms with Crippen LogP contribution in [0.4, 0.5) is 8.78 Å². The predicted octanol–water partition coefficient (Wildman–Crippen LogP) is 1.80. The van der Waals surface area contributed by atoms with E-state index >= 15 is 0 Å². The van der Waals surface area contributed by atoms with E-state index in [-0.39, 0.29) is 12.8 Å². The monoisotopic (exact) mass is 190 g/mol. The van der Waals surface area contributed by atoms with Crippen LogP contribution in [-0.4, -0.2) is 15.7 Å². The van der Waals surface area contributed by atoms with Crippen LogP contribution in [0.5, 0.6) is 0 Å². The van der Waals surface area contributed by atoms with E-state index in [0.29, 0.717) is 0 Å². The third-order valence-corrected chi connectivity index (χ3v) is 1.03. The highest BCUT2D eigenvalue weighted by atomic mass is 31.1. The summed E-state index contributed by atoms with van der Waals surface area (Å²) >= 11 is 0. The minimum Gasteiger partial charge on any atom is -0.326 e. The molecule has 0 fully saturated rings. The Kier molecular flexibility index (Phi) is 8.28. The lowest BCUT2D eigenvalue weighted by Gasteiger charge is -2.08. The maximum atomic E-state index is 11.9. The molecule has 11 heavy (non-hydrogen) atoms. The van der Waals surface area contributed by atoms with E-state index in [4.69, 9.17) is 14.4 Å². The maximum absolute atomic E-state index is 11.9. The Balaban J connectivity index is 0. The van der Waals surface area contributed by atoms with Crippen molar-refractivity contribution >= 4 is 8.25 Å². The second-order valence-electron chi connectivity index (χ2n) is 1.85. The molecule has 0 heterocycles. The van der Waals surface area contributed by atoms with Crippen LogP contribution in [0.2, 0.25) is 0 Å². The van der Waals surface area contributed by atoms with Gasteiger partial charge >= 0.3 is 8.25 Å². The number of alkyl halides is 2. The molecule has 0 saturated carbocycles. The average molecular weight is 190 g/mol. The molecule has 0 radical (unpaired) electrons. The molecule has 2 N–H and O–H groups in total. The molecule has 0 atom stereocenters. The highest BCUT2D eigenvalue weighted by Gasteiger charge is 2.21. The third-order valence-electron chi connectivity index (χ3n) is 1.03. The summed E-state index contributed by atoms with van der Waals surface area (Å²) in [7, 11) is -3.13. The molecule has 0 amide bonds. The summed E-state index contributed by atoms with van der Waals surface area (Å²) in [6, 6.07) is 0. The van der Waals surface area contributed by atoms with Gasteiger partial charge in [-0.3, -0.25) is 4.57 Å². The van der Waals surface area contributed by atoms with Crippen LogP contribution in [0.3, 0.4) is 0 Å². The van der Waals surface area contributed by atoms with Crippen molar-refractivity contribution in [3.63, 3.8) is 0 Å². The van der Waals surface area contributed by atoms with Crippen LogP contribution in [0.1, 0.15) is 26.7 Å². The zero-order valence-corrected chi connectivity index (χ0v) is 7.47. The fourth-order valence-electron chi connectivity index (χ4n) is 0.250. The van der Waals surface area contributed by atoms with Crippen molar-refractivity contribution < 1.29 is 23.1 Å². The van der Waals surface area contributed by atoms with Crippen molar-refractivity contribution in [2.24, 2.45) is 0 Å². The Labute approximate surface area is 65.0 Å². The zero-order chi connectivity index (χ0) is 9.49. The molecule has 0 bridgehead atoms. The van der Waals surface area contributed by atoms with Gasteiger partial charge in [-0.25, -0.2) is 8.78 Å². The predicted molar refractivity (Wildman–Crippen MR) is 39.0 cm³/mol. The molecule has 0 aliphatic heterocycles. The van der Waals surface area contributed by atoms with Crippen LogP contribution < -0.4 is 0 Å². The summed E-state index contributed by atoms with van der Waals surface area (Å²) in [4.78, 5) is 14.3. The van der Waals surface area contributed by atoms with Gasteiger partial charge in [0.05, 0.1) is 0 Å². The minimum absolute atomic E-state index is 0.0382. The zero-order valence-electron chi connectivity index (χ0n) is 6.47. The van der Waals surface area contributed by atoms with Crippen molar-refractivity contribution in [1.82, 2.24) is 0 Å². The maximum Gasteiger partial charge on any atom is 0.314 e. The fraction of sp³-hybridized carbons (Fsp3) is 1.00. The second-order valence-corrected chi connectivity index (χ2v) is 2.41. The van der Waals surface area contributed by atoms with E-state index in [9.17, 15) is 8.78 Å². The smallest absolute Gasteiger partial charge is 0.314 e. The highest BCUT2D eigenvalue weighted by molar-refractivity contribution is 7.30. The summed E-state index contributed by atoms with van der Waals surface area (Å²) in [5.41, 5.74) is 0. The van der Waals surface area contributed by atoms with Gasteiger partial charge < -0.3 is 9.79 Å². The fourth-order valence-corrected chi connectivity index (χ4v) is 0.250. The van der Waals surface area contributed by atoms with Crippen molar-refractivity contribution in [1.29, 1.82) is 0 Å². The van der Waals surface area contributed by atoms with E-state index in [1.807, 2.05) is 0 Å². The molecule has 0 aromatic rings. The standard InChI is InChI=1S/C5H10F2.H3O3P/c1-3-5(6,7)4-2;1-4(2)3/h3-4H2,1-2H3;4H,(H2,1,2,3). The minimum atomic E-state index is -3.13. The Bertz CT molecular complexity index is 108. The topological polar surface area (TPSA) is 57.5 Å². The lowest BCUT2D eigenvalue weighted by Crippen LogP contribution is -2.10. The van der Waals surface area contributed by atoms with Crippen LogP contribution in [0, 0.1) is 0 Å². The molecule has 70 valence electrons. The van der Waals surface area contributed by atoms with Gasteiger partial charge in [0.1, 0.15) is 0 Å². The first-order chi connectivity index (χ1) is 4.85. The molecule has 0 spiro atoms. The first-order valence-corrected chi connectivity index (χ1v) is 4.45. The lowest BCUT2D eigenvalue weighted by atomic mass is 10.2. The molecular formula is C5H13F2O3P. The van der Waals surface area contributed by atoms with Gasteiger partial charge in [0, 0.05) is 12.8 Å². The SMILES string of the molecule is CCC(F)(F)CC.O=[PH](O)O. The van der Waals surface area contributed by atoms with Gasteiger partial charge in [-0.15, -0.1) is 0 Å². The van der Waals surface area contributed by atoms with Gasteiger partial charge in [-0.2, -0.15) is 0 Å². The van der Waals surface area contributed by atoms with E-state index in [1.54, 1.807) is 0 Å². The summed E-state index contributed by atoms with van der Waals surface area (Å²) in [6.07, 6.45) is -0.0764. The molecule has 0 unspecified atom stereocenters. The van der Waals surface area contributed by atoms with Gasteiger partial charge in [-0.05, 0) is 0 Å². The first-order valence-electron chi connectivity index (χ1n) is 3.15. The van der Waals surface area contributed by atoms with Crippen LogP contribution >= 0.6 is 8.25 Å².